The SMILES string of the molecule is COCC(C)C(CN)Nc1cc(F)cc(Cl)c1. The number of ether oxygens (including phenoxy) is 1. The largest absolute Gasteiger partial charge is 0.384 e. The maximum absolute atomic E-state index is 13.2. The highest BCUT2D eigenvalue weighted by Gasteiger charge is 2.15. The third kappa shape index (κ3) is 4.50. The molecule has 0 spiro atoms. The number of anilines is 1. The summed E-state index contributed by atoms with van der Waals surface area (Å²) in [4.78, 5) is 0. The van der Waals surface area contributed by atoms with Gasteiger partial charge in [0.05, 0.1) is 6.61 Å². The van der Waals surface area contributed by atoms with Crippen LogP contribution in [0.2, 0.25) is 5.02 Å². The molecule has 0 saturated carbocycles. The highest BCUT2D eigenvalue weighted by Crippen LogP contribution is 2.20. The summed E-state index contributed by atoms with van der Waals surface area (Å²) in [6.07, 6.45) is 0. The first kappa shape index (κ1) is 14.2. The summed E-state index contributed by atoms with van der Waals surface area (Å²) in [5.74, 6) is -0.137. The van der Waals surface area contributed by atoms with Crippen LogP contribution < -0.4 is 11.1 Å². The van der Waals surface area contributed by atoms with Gasteiger partial charge in [-0.25, -0.2) is 4.39 Å². The molecular formula is C12H18ClFN2O. The molecule has 0 amide bonds. The van der Waals surface area contributed by atoms with Gasteiger partial charge in [-0.3, -0.25) is 0 Å². The molecule has 1 rings (SSSR count). The molecule has 0 aliphatic heterocycles. The molecule has 1 aromatic carbocycles. The van der Waals surface area contributed by atoms with Crippen molar-refractivity contribution in [2.45, 2.75) is 13.0 Å². The van der Waals surface area contributed by atoms with Crippen LogP contribution >= 0.6 is 11.6 Å². The van der Waals surface area contributed by atoms with Gasteiger partial charge in [0.25, 0.3) is 0 Å². The molecule has 1 aromatic rings. The molecule has 0 heterocycles. The summed E-state index contributed by atoms with van der Waals surface area (Å²) in [6.45, 7) is 3.06. The number of nitrogens with one attached hydrogen (secondary N) is 1. The fourth-order valence-corrected chi connectivity index (χ4v) is 1.89. The van der Waals surface area contributed by atoms with Crippen molar-refractivity contribution in [3.63, 3.8) is 0 Å². The van der Waals surface area contributed by atoms with Crippen molar-refractivity contribution < 1.29 is 9.13 Å². The lowest BCUT2D eigenvalue weighted by atomic mass is 10.0. The van der Waals surface area contributed by atoms with Crippen LogP contribution in [0.4, 0.5) is 10.1 Å². The second kappa shape index (κ2) is 6.79. The van der Waals surface area contributed by atoms with E-state index >= 15 is 0 Å². The van der Waals surface area contributed by atoms with E-state index in [1.165, 1.54) is 12.1 Å². The van der Waals surface area contributed by atoms with Crippen LogP contribution in [0, 0.1) is 11.7 Å². The standard InChI is InChI=1S/C12H18ClFN2O/c1-8(7-17-2)12(6-15)16-11-4-9(13)3-10(14)5-11/h3-5,8,12,16H,6-7,15H2,1-2H3. The molecule has 5 heteroatoms. The van der Waals surface area contributed by atoms with Gasteiger partial charge in [-0.2, -0.15) is 0 Å². The predicted molar refractivity (Wildman–Crippen MR) is 68.9 cm³/mol. The maximum atomic E-state index is 13.2. The van der Waals surface area contributed by atoms with Crippen LogP contribution in [0.5, 0.6) is 0 Å². The van der Waals surface area contributed by atoms with E-state index in [9.17, 15) is 4.39 Å². The molecule has 0 aliphatic carbocycles. The van der Waals surface area contributed by atoms with Gasteiger partial charge >= 0.3 is 0 Å². The van der Waals surface area contributed by atoms with Crippen LogP contribution in [0.15, 0.2) is 18.2 Å². The number of halogens is 2. The lowest BCUT2D eigenvalue weighted by molar-refractivity contribution is 0.151. The fourth-order valence-electron chi connectivity index (χ4n) is 1.66. The highest BCUT2D eigenvalue weighted by molar-refractivity contribution is 6.30. The fraction of sp³-hybridized carbons (Fsp3) is 0.500. The van der Waals surface area contributed by atoms with Gasteiger partial charge in [-0.15, -0.1) is 0 Å². The van der Waals surface area contributed by atoms with E-state index in [0.29, 0.717) is 23.9 Å². The Morgan fingerprint density at radius 1 is 1.47 bits per heavy atom. The normalized spacial score (nSPS) is 14.4. The Bertz CT molecular complexity index is 342. The molecule has 0 bridgehead atoms. The van der Waals surface area contributed by atoms with Crippen LogP contribution in [-0.4, -0.2) is 26.3 Å². The molecule has 0 radical (unpaired) electrons. The smallest absolute Gasteiger partial charge is 0.126 e. The van der Waals surface area contributed by atoms with E-state index in [1.54, 1.807) is 13.2 Å². The molecule has 3 nitrogen and oxygen atoms in total. The quantitative estimate of drug-likeness (QED) is 0.826. The van der Waals surface area contributed by atoms with Crippen molar-refractivity contribution in [2.75, 3.05) is 25.6 Å². The highest BCUT2D eigenvalue weighted by atomic mass is 35.5. The van der Waals surface area contributed by atoms with Crippen LogP contribution in [-0.2, 0) is 4.74 Å². The van der Waals surface area contributed by atoms with Gasteiger partial charge < -0.3 is 15.8 Å². The molecule has 96 valence electrons. The van der Waals surface area contributed by atoms with Gasteiger partial charge in [-0.1, -0.05) is 18.5 Å². The molecule has 0 saturated heterocycles. The summed E-state index contributed by atoms with van der Waals surface area (Å²) < 4.78 is 18.2. The van der Waals surface area contributed by atoms with Crippen molar-refractivity contribution in [1.82, 2.24) is 0 Å². The zero-order valence-electron chi connectivity index (χ0n) is 10.0. The minimum Gasteiger partial charge on any atom is -0.384 e. The number of nitrogens with two attached hydrogens (primary N) is 1. The number of hydrogen-bond acceptors (Lipinski definition) is 3. The first-order valence-corrected chi connectivity index (χ1v) is 5.86. The van der Waals surface area contributed by atoms with Crippen LogP contribution in [0.3, 0.4) is 0 Å². The summed E-state index contributed by atoms with van der Waals surface area (Å²) in [5, 5.41) is 3.53. The minimum atomic E-state index is -0.366. The Morgan fingerprint density at radius 3 is 2.71 bits per heavy atom. The Morgan fingerprint density at radius 2 is 2.18 bits per heavy atom. The van der Waals surface area contributed by atoms with E-state index in [2.05, 4.69) is 5.32 Å². The van der Waals surface area contributed by atoms with Crippen LogP contribution in [0.1, 0.15) is 6.92 Å². The van der Waals surface area contributed by atoms with E-state index in [1.807, 2.05) is 6.92 Å². The zero-order valence-corrected chi connectivity index (χ0v) is 10.8. The summed E-state index contributed by atoms with van der Waals surface area (Å²) in [5.41, 5.74) is 6.32. The topological polar surface area (TPSA) is 47.3 Å². The van der Waals surface area contributed by atoms with Gasteiger partial charge in [0.2, 0.25) is 0 Å². The predicted octanol–water partition coefficient (Wildman–Crippen LogP) is 2.50. The Labute approximate surface area is 106 Å². The third-order valence-electron chi connectivity index (χ3n) is 2.58. The molecule has 2 atom stereocenters. The lowest BCUT2D eigenvalue weighted by Gasteiger charge is -2.24. The van der Waals surface area contributed by atoms with Gasteiger partial charge in [-0.05, 0) is 18.2 Å². The number of benzene rings is 1. The second-order valence-electron chi connectivity index (χ2n) is 4.08. The van der Waals surface area contributed by atoms with Crippen molar-refractivity contribution in [2.24, 2.45) is 11.7 Å². The minimum absolute atomic E-state index is 0.0211. The third-order valence-corrected chi connectivity index (χ3v) is 2.80. The zero-order chi connectivity index (χ0) is 12.8. The Balaban J connectivity index is 2.73. The van der Waals surface area contributed by atoms with Gasteiger partial charge in [0.1, 0.15) is 5.82 Å². The van der Waals surface area contributed by atoms with Crippen LogP contribution in [0.25, 0.3) is 0 Å². The molecule has 2 unspecified atom stereocenters. The second-order valence-corrected chi connectivity index (χ2v) is 4.51. The lowest BCUT2D eigenvalue weighted by Crippen LogP contribution is -2.37. The molecule has 3 N–H and O–H groups in total. The molecule has 0 aromatic heterocycles. The number of rotatable bonds is 6. The average molecular weight is 261 g/mol. The summed E-state index contributed by atoms with van der Waals surface area (Å²) in [6, 6.07) is 4.36. The van der Waals surface area contributed by atoms with E-state index in [4.69, 9.17) is 22.1 Å². The molecule has 17 heavy (non-hydrogen) atoms. The monoisotopic (exact) mass is 260 g/mol. The first-order chi connectivity index (χ1) is 8.06. The Kier molecular flexibility index (Phi) is 5.68. The average Bonchev–Trinajstić information content (AvgIpc) is 2.24. The molecule has 0 aliphatic rings. The Hall–Kier alpha value is -0.840. The van der Waals surface area contributed by atoms with Gasteiger partial charge in [0.15, 0.2) is 0 Å². The van der Waals surface area contributed by atoms with Crippen molar-refractivity contribution >= 4 is 17.3 Å². The summed E-state index contributed by atoms with van der Waals surface area (Å²) in [7, 11) is 1.64. The van der Waals surface area contributed by atoms with Crippen molar-refractivity contribution in [1.29, 1.82) is 0 Å². The summed E-state index contributed by atoms with van der Waals surface area (Å²) >= 11 is 5.78. The maximum Gasteiger partial charge on any atom is 0.126 e. The molecule has 0 fully saturated rings. The first-order valence-electron chi connectivity index (χ1n) is 5.48. The number of methoxy groups -OCH3 is 1. The number of hydrogen-bond donors (Lipinski definition) is 2. The van der Waals surface area contributed by atoms with E-state index in [0.717, 1.165) is 0 Å². The van der Waals surface area contributed by atoms with Crippen molar-refractivity contribution in [3.8, 4) is 0 Å². The molecular weight excluding hydrogens is 243 g/mol. The van der Waals surface area contributed by atoms with Crippen molar-refractivity contribution in [3.05, 3.63) is 29.0 Å². The van der Waals surface area contributed by atoms with Gasteiger partial charge in [0, 0.05) is 36.3 Å². The van der Waals surface area contributed by atoms with E-state index in [-0.39, 0.29) is 17.8 Å². The van der Waals surface area contributed by atoms with E-state index < -0.39 is 0 Å².